The highest BCUT2D eigenvalue weighted by Gasteiger charge is 2.26. The molecule has 2 aromatic rings. The number of hydrogen-bond donors (Lipinski definition) is 1. The molecule has 22 heavy (non-hydrogen) atoms. The predicted octanol–water partition coefficient (Wildman–Crippen LogP) is 2.89. The highest BCUT2D eigenvalue weighted by molar-refractivity contribution is 9.10. The Balaban J connectivity index is 2.50. The number of carbonyl (C=O) groups is 1. The molecule has 0 unspecified atom stereocenters. The van der Waals surface area contributed by atoms with E-state index in [1.165, 1.54) is 12.1 Å². The summed E-state index contributed by atoms with van der Waals surface area (Å²) < 4.78 is 28.1. The number of carbonyl (C=O) groups excluding carboxylic acids is 1. The minimum absolute atomic E-state index is 0.0832. The molecule has 0 spiro atoms. The van der Waals surface area contributed by atoms with Gasteiger partial charge in [0.15, 0.2) is 0 Å². The van der Waals surface area contributed by atoms with Crippen molar-refractivity contribution in [2.24, 2.45) is 5.73 Å². The third kappa shape index (κ3) is 3.88. The van der Waals surface area contributed by atoms with Crippen LogP contribution in [0.3, 0.4) is 0 Å². The highest BCUT2D eigenvalue weighted by atomic mass is 79.9. The molecule has 116 valence electrons. The zero-order valence-corrected chi connectivity index (χ0v) is 15.2. The average molecular weight is 448 g/mol. The van der Waals surface area contributed by atoms with Gasteiger partial charge in [0.2, 0.25) is 5.91 Å². The van der Waals surface area contributed by atoms with Gasteiger partial charge in [0, 0.05) is 8.95 Å². The number of nitrogens with zero attached hydrogens (tertiary/aromatic N) is 1. The Kier molecular flexibility index (Phi) is 5.25. The molecular weight excluding hydrogens is 436 g/mol. The van der Waals surface area contributed by atoms with E-state index in [0.717, 1.165) is 13.3 Å². The van der Waals surface area contributed by atoms with Crippen molar-refractivity contribution in [1.82, 2.24) is 0 Å². The monoisotopic (exact) mass is 446 g/mol. The van der Waals surface area contributed by atoms with Crippen molar-refractivity contribution in [2.45, 2.75) is 4.90 Å². The van der Waals surface area contributed by atoms with Gasteiger partial charge in [-0.25, -0.2) is 8.42 Å². The first-order valence-electron chi connectivity index (χ1n) is 6.13. The summed E-state index contributed by atoms with van der Waals surface area (Å²) in [5.41, 5.74) is 5.56. The molecule has 2 aromatic carbocycles. The van der Waals surface area contributed by atoms with Gasteiger partial charge in [0.1, 0.15) is 6.54 Å². The molecule has 1 amide bonds. The molecule has 0 aliphatic carbocycles. The zero-order chi connectivity index (χ0) is 16.3. The van der Waals surface area contributed by atoms with Crippen LogP contribution in [-0.2, 0) is 14.8 Å². The zero-order valence-electron chi connectivity index (χ0n) is 11.2. The number of anilines is 1. The lowest BCUT2D eigenvalue weighted by atomic mass is 10.3. The molecule has 8 heteroatoms. The lowest BCUT2D eigenvalue weighted by molar-refractivity contribution is -0.116. The van der Waals surface area contributed by atoms with Gasteiger partial charge in [0.05, 0.1) is 10.6 Å². The maximum atomic E-state index is 12.8. The summed E-state index contributed by atoms with van der Waals surface area (Å²) in [4.78, 5) is 11.4. The topological polar surface area (TPSA) is 80.5 Å². The number of nitrogens with two attached hydrogens (primary N) is 1. The molecule has 0 aliphatic rings. The second-order valence-corrected chi connectivity index (χ2v) is 8.10. The van der Waals surface area contributed by atoms with E-state index < -0.39 is 22.5 Å². The summed E-state index contributed by atoms with van der Waals surface area (Å²) in [5, 5.41) is 0. The molecule has 0 fully saturated rings. The third-order valence-electron chi connectivity index (χ3n) is 2.82. The molecule has 0 radical (unpaired) electrons. The van der Waals surface area contributed by atoms with Crippen LogP contribution < -0.4 is 10.0 Å². The van der Waals surface area contributed by atoms with Crippen LogP contribution in [0, 0.1) is 0 Å². The summed E-state index contributed by atoms with van der Waals surface area (Å²) in [7, 11) is -3.88. The van der Waals surface area contributed by atoms with Crippen LogP contribution in [0.15, 0.2) is 62.4 Å². The largest absolute Gasteiger partial charge is 0.368 e. The summed E-state index contributed by atoms with van der Waals surface area (Å²) >= 11 is 6.54. The number of halogens is 2. The van der Waals surface area contributed by atoms with E-state index in [9.17, 15) is 13.2 Å². The van der Waals surface area contributed by atoms with Gasteiger partial charge in [-0.1, -0.05) is 31.9 Å². The maximum Gasteiger partial charge on any atom is 0.264 e. The molecule has 0 saturated heterocycles. The SMILES string of the molecule is NC(=O)CN(c1ccc(Br)cc1)S(=O)(=O)c1ccc(Br)cc1. The fourth-order valence-corrected chi connectivity index (χ4v) is 3.76. The number of amides is 1. The van der Waals surface area contributed by atoms with Gasteiger partial charge in [0.25, 0.3) is 10.0 Å². The van der Waals surface area contributed by atoms with Crippen LogP contribution >= 0.6 is 31.9 Å². The fraction of sp³-hybridized carbons (Fsp3) is 0.0714. The third-order valence-corrected chi connectivity index (χ3v) is 5.66. The van der Waals surface area contributed by atoms with Crippen molar-refractivity contribution < 1.29 is 13.2 Å². The standard InChI is InChI=1S/C14H12Br2N2O3S/c15-10-1-5-12(6-2-10)18(9-14(17)19)22(20,21)13-7-3-11(16)4-8-13/h1-8H,9H2,(H2,17,19). The Morgan fingerprint density at radius 2 is 1.41 bits per heavy atom. The van der Waals surface area contributed by atoms with Crippen LogP contribution in [0.25, 0.3) is 0 Å². The maximum absolute atomic E-state index is 12.8. The number of benzene rings is 2. The molecule has 0 aliphatic heterocycles. The van der Waals surface area contributed by atoms with Gasteiger partial charge < -0.3 is 5.73 Å². The Morgan fingerprint density at radius 3 is 1.86 bits per heavy atom. The molecule has 0 saturated carbocycles. The molecule has 0 heterocycles. The fourth-order valence-electron chi connectivity index (χ4n) is 1.80. The van der Waals surface area contributed by atoms with Crippen LogP contribution in [0.5, 0.6) is 0 Å². The summed E-state index contributed by atoms with van der Waals surface area (Å²) in [5.74, 6) is -0.733. The van der Waals surface area contributed by atoms with E-state index in [4.69, 9.17) is 5.73 Å². The Hall–Kier alpha value is -1.38. The Morgan fingerprint density at radius 1 is 0.955 bits per heavy atom. The lowest BCUT2D eigenvalue weighted by Gasteiger charge is -2.23. The van der Waals surface area contributed by atoms with Gasteiger partial charge in [-0.05, 0) is 48.5 Å². The molecule has 2 N–H and O–H groups in total. The lowest BCUT2D eigenvalue weighted by Crippen LogP contribution is -2.38. The van der Waals surface area contributed by atoms with Crippen molar-refractivity contribution >= 4 is 53.5 Å². The number of rotatable bonds is 5. The van der Waals surface area contributed by atoms with Gasteiger partial charge in [-0.2, -0.15) is 0 Å². The van der Waals surface area contributed by atoms with Crippen molar-refractivity contribution in [1.29, 1.82) is 0 Å². The highest BCUT2D eigenvalue weighted by Crippen LogP contribution is 2.25. The van der Waals surface area contributed by atoms with Gasteiger partial charge in [-0.15, -0.1) is 0 Å². The summed E-state index contributed by atoms with van der Waals surface area (Å²) in [6.07, 6.45) is 0. The quantitative estimate of drug-likeness (QED) is 0.765. The smallest absolute Gasteiger partial charge is 0.264 e. The van der Waals surface area contributed by atoms with Gasteiger partial charge >= 0.3 is 0 Å². The molecule has 2 rings (SSSR count). The minimum atomic E-state index is -3.88. The van der Waals surface area contributed by atoms with Crippen LogP contribution in [-0.4, -0.2) is 20.9 Å². The van der Waals surface area contributed by atoms with Crippen LogP contribution in [0.4, 0.5) is 5.69 Å². The van der Waals surface area contributed by atoms with E-state index in [1.807, 2.05) is 0 Å². The summed E-state index contributed by atoms with van der Waals surface area (Å²) in [6.45, 7) is -0.431. The number of hydrogen-bond acceptors (Lipinski definition) is 3. The van der Waals surface area contributed by atoms with Crippen molar-refractivity contribution in [2.75, 3.05) is 10.8 Å². The van der Waals surface area contributed by atoms with Crippen molar-refractivity contribution in [3.05, 3.63) is 57.5 Å². The predicted molar refractivity (Wildman–Crippen MR) is 92.0 cm³/mol. The van der Waals surface area contributed by atoms with Crippen molar-refractivity contribution in [3.63, 3.8) is 0 Å². The first kappa shape index (κ1) is 17.0. The second kappa shape index (κ2) is 6.80. The molecule has 0 bridgehead atoms. The van der Waals surface area contributed by atoms with E-state index in [-0.39, 0.29) is 4.90 Å². The van der Waals surface area contributed by atoms with Gasteiger partial charge in [-0.3, -0.25) is 9.10 Å². The number of sulfonamides is 1. The molecule has 0 aromatic heterocycles. The van der Waals surface area contributed by atoms with Crippen LogP contribution in [0.1, 0.15) is 0 Å². The first-order valence-corrected chi connectivity index (χ1v) is 9.15. The molecule has 5 nitrogen and oxygen atoms in total. The van der Waals surface area contributed by atoms with E-state index >= 15 is 0 Å². The Bertz CT molecular complexity index is 775. The van der Waals surface area contributed by atoms with Crippen molar-refractivity contribution in [3.8, 4) is 0 Å². The van der Waals surface area contributed by atoms with E-state index in [1.54, 1.807) is 36.4 Å². The first-order chi connectivity index (χ1) is 10.3. The average Bonchev–Trinajstić information content (AvgIpc) is 2.46. The normalized spacial score (nSPS) is 11.2. The van der Waals surface area contributed by atoms with Crippen LogP contribution in [0.2, 0.25) is 0 Å². The summed E-state index contributed by atoms with van der Waals surface area (Å²) in [6, 6.07) is 12.8. The van der Waals surface area contributed by atoms with E-state index in [2.05, 4.69) is 31.9 Å². The minimum Gasteiger partial charge on any atom is -0.368 e. The number of primary amides is 1. The Labute approximate surface area is 145 Å². The second-order valence-electron chi connectivity index (χ2n) is 4.41. The molecular formula is C14H12Br2N2O3S. The van der Waals surface area contributed by atoms with E-state index in [0.29, 0.717) is 5.69 Å². The molecule has 0 atom stereocenters.